The number of halogens is 1. The number of ether oxygens (including phenoxy) is 1. The third-order valence-electron chi connectivity index (χ3n) is 2.63. The van der Waals surface area contributed by atoms with E-state index in [4.69, 9.17) is 4.74 Å². The van der Waals surface area contributed by atoms with Crippen molar-refractivity contribution in [1.82, 2.24) is 0 Å². The fourth-order valence-corrected chi connectivity index (χ4v) is 1.91. The molecule has 0 saturated carbocycles. The van der Waals surface area contributed by atoms with Gasteiger partial charge in [0.2, 0.25) is 0 Å². The molecule has 0 radical (unpaired) electrons. The molecule has 0 fully saturated rings. The lowest BCUT2D eigenvalue weighted by molar-refractivity contribution is 0.398. The van der Waals surface area contributed by atoms with Gasteiger partial charge in [0.1, 0.15) is 5.75 Å². The predicted molar refractivity (Wildman–Crippen MR) is 77.3 cm³/mol. The summed E-state index contributed by atoms with van der Waals surface area (Å²) in [5.74, 6) is 1.73. The second-order valence-electron chi connectivity index (χ2n) is 4.26. The first-order valence-corrected chi connectivity index (χ1v) is 7.13. The van der Waals surface area contributed by atoms with Gasteiger partial charge in [0.05, 0.1) is 5.76 Å². The van der Waals surface area contributed by atoms with Gasteiger partial charge >= 0.3 is 0 Å². The molecule has 2 heteroatoms. The average Bonchev–Trinajstić information content (AvgIpc) is 2.32. The van der Waals surface area contributed by atoms with Crippen LogP contribution in [0.15, 0.2) is 41.1 Å². The van der Waals surface area contributed by atoms with E-state index in [1.54, 1.807) is 0 Å². The quantitative estimate of drug-likeness (QED) is 0.441. The normalized spacial score (nSPS) is 10.2. The molecule has 1 aromatic carbocycles. The molecule has 0 amide bonds. The molecule has 0 N–H and O–H groups in total. The molecular weight excluding hydrogens is 276 g/mol. The minimum Gasteiger partial charge on any atom is -0.462 e. The zero-order valence-electron chi connectivity index (χ0n) is 10.5. The van der Waals surface area contributed by atoms with Crippen molar-refractivity contribution in [3.63, 3.8) is 0 Å². The molecular formula is C15H21BrO. The van der Waals surface area contributed by atoms with Crippen LogP contribution in [0.1, 0.15) is 45.4 Å². The van der Waals surface area contributed by atoms with Gasteiger partial charge in [-0.05, 0) is 30.7 Å². The standard InChI is InChI=1S/C15H21BrO/c1-3-4-5-6-7-8-13(2)17-15-11-9-14(16)10-12-15/h9-12H,2-8H2,1H3. The third-order valence-corrected chi connectivity index (χ3v) is 3.16. The second-order valence-corrected chi connectivity index (χ2v) is 5.17. The SMILES string of the molecule is C=C(CCCCCCC)Oc1ccc(Br)cc1. The highest BCUT2D eigenvalue weighted by Crippen LogP contribution is 2.19. The number of benzene rings is 1. The summed E-state index contributed by atoms with van der Waals surface area (Å²) in [6.45, 7) is 6.19. The summed E-state index contributed by atoms with van der Waals surface area (Å²) in [5.41, 5.74) is 0. The van der Waals surface area contributed by atoms with Crippen molar-refractivity contribution < 1.29 is 4.74 Å². The van der Waals surface area contributed by atoms with Crippen molar-refractivity contribution >= 4 is 15.9 Å². The maximum Gasteiger partial charge on any atom is 0.126 e. The van der Waals surface area contributed by atoms with E-state index in [0.717, 1.165) is 22.4 Å². The maximum atomic E-state index is 5.66. The molecule has 0 bridgehead atoms. The Morgan fingerprint density at radius 1 is 1.12 bits per heavy atom. The first kappa shape index (κ1) is 14.3. The molecule has 1 aromatic rings. The molecule has 0 atom stereocenters. The molecule has 0 aliphatic carbocycles. The largest absolute Gasteiger partial charge is 0.462 e. The van der Waals surface area contributed by atoms with E-state index < -0.39 is 0 Å². The smallest absolute Gasteiger partial charge is 0.126 e. The summed E-state index contributed by atoms with van der Waals surface area (Å²) in [4.78, 5) is 0. The van der Waals surface area contributed by atoms with E-state index in [9.17, 15) is 0 Å². The Bertz CT molecular complexity index is 329. The predicted octanol–water partition coefficient (Wildman–Crippen LogP) is 5.70. The fraction of sp³-hybridized carbons (Fsp3) is 0.467. The van der Waals surface area contributed by atoms with Crippen molar-refractivity contribution in [2.24, 2.45) is 0 Å². The van der Waals surface area contributed by atoms with Crippen molar-refractivity contribution in [2.75, 3.05) is 0 Å². The Morgan fingerprint density at radius 3 is 2.41 bits per heavy atom. The molecule has 1 nitrogen and oxygen atoms in total. The Labute approximate surface area is 113 Å². The number of hydrogen-bond acceptors (Lipinski definition) is 1. The number of allylic oxidation sites excluding steroid dienone is 1. The van der Waals surface area contributed by atoms with Gasteiger partial charge in [-0.2, -0.15) is 0 Å². The summed E-state index contributed by atoms with van der Waals surface area (Å²) in [6, 6.07) is 7.85. The summed E-state index contributed by atoms with van der Waals surface area (Å²) >= 11 is 3.40. The Balaban J connectivity index is 2.18. The van der Waals surface area contributed by atoms with Crippen LogP contribution in [0.4, 0.5) is 0 Å². The van der Waals surface area contributed by atoms with Crippen LogP contribution in [0.25, 0.3) is 0 Å². The number of hydrogen-bond donors (Lipinski definition) is 0. The van der Waals surface area contributed by atoms with Crippen molar-refractivity contribution in [1.29, 1.82) is 0 Å². The van der Waals surface area contributed by atoms with Crippen molar-refractivity contribution in [2.45, 2.75) is 45.4 Å². The zero-order valence-corrected chi connectivity index (χ0v) is 12.1. The number of rotatable bonds is 8. The monoisotopic (exact) mass is 296 g/mol. The lowest BCUT2D eigenvalue weighted by atomic mass is 10.1. The van der Waals surface area contributed by atoms with Gasteiger partial charge in [-0.1, -0.05) is 55.1 Å². The van der Waals surface area contributed by atoms with Gasteiger partial charge in [-0.3, -0.25) is 0 Å². The molecule has 94 valence electrons. The van der Waals surface area contributed by atoms with E-state index in [0.29, 0.717) is 0 Å². The van der Waals surface area contributed by atoms with Crippen LogP contribution in [0, 0.1) is 0 Å². The maximum absolute atomic E-state index is 5.66. The van der Waals surface area contributed by atoms with Gasteiger partial charge in [0.15, 0.2) is 0 Å². The van der Waals surface area contributed by atoms with Crippen LogP contribution < -0.4 is 4.74 Å². The fourth-order valence-electron chi connectivity index (χ4n) is 1.65. The van der Waals surface area contributed by atoms with Gasteiger partial charge < -0.3 is 4.74 Å². The molecule has 0 spiro atoms. The van der Waals surface area contributed by atoms with Crippen LogP contribution in [0.3, 0.4) is 0 Å². The van der Waals surface area contributed by atoms with Crippen LogP contribution >= 0.6 is 15.9 Å². The minimum atomic E-state index is 0.865. The molecule has 0 aliphatic rings. The average molecular weight is 297 g/mol. The molecule has 0 heterocycles. The van der Waals surface area contributed by atoms with Crippen molar-refractivity contribution in [3.05, 3.63) is 41.1 Å². The highest BCUT2D eigenvalue weighted by Gasteiger charge is 1.98. The number of unbranched alkanes of at least 4 members (excludes halogenated alkanes) is 4. The summed E-state index contributed by atoms with van der Waals surface area (Å²) in [5, 5.41) is 0. The van der Waals surface area contributed by atoms with Crippen molar-refractivity contribution in [3.8, 4) is 5.75 Å². The second kappa shape index (κ2) is 8.35. The lowest BCUT2D eigenvalue weighted by Gasteiger charge is -2.08. The first-order chi connectivity index (χ1) is 8.22. The van der Waals surface area contributed by atoms with E-state index in [1.807, 2.05) is 24.3 Å². The topological polar surface area (TPSA) is 9.23 Å². The van der Waals surface area contributed by atoms with Crippen LogP contribution in [0.2, 0.25) is 0 Å². The van der Waals surface area contributed by atoms with Crippen LogP contribution in [0.5, 0.6) is 5.75 Å². The van der Waals surface area contributed by atoms with Crippen LogP contribution in [-0.4, -0.2) is 0 Å². The summed E-state index contributed by atoms with van der Waals surface area (Å²) in [6.07, 6.45) is 7.35. The van der Waals surface area contributed by atoms with E-state index >= 15 is 0 Å². The molecule has 17 heavy (non-hydrogen) atoms. The van der Waals surface area contributed by atoms with Gasteiger partial charge in [-0.15, -0.1) is 0 Å². The summed E-state index contributed by atoms with van der Waals surface area (Å²) < 4.78 is 6.73. The molecule has 0 saturated heterocycles. The molecule has 0 aromatic heterocycles. The molecule has 0 unspecified atom stereocenters. The van der Waals surface area contributed by atoms with Gasteiger partial charge in [0, 0.05) is 10.9 Å². The minimum absolute atomic E-state index is 0.865. The molecule has 1 rings (SSSR count). The van der Waals surface area contributed by atoms with E-state index in [-0.39, 0.29) is 0 Å². The summed E-state index contributed by atoms with van der Waals surface area (Å²) in [7, 11) is 0. The lowest BCUT2D eigenvalue weighted by Crippen LogP contribution is -1.93. The Morgan fingerprint density at radius 2 is 1.76 bits per heavy atom. The molecule has 0 aliphatic heterocycles. The Hall–Kier alpha value is -0.760. The highest BCUT2D eigenvalue weighted by atomic mass is 79.9. The van der Waals surface area contributed by atoms with E-state index in [1.165, 1.54) is 32.1 Å². The highest BCUT2D eigenvalue weighted by molar-refractivity contribution is 9.10. The van der Waals surface area contributed by atoms with Gasteiger partial charge in [0.25, 0.3) is 0 Å². The third kappa shape index (κ3) is 6.52. The van der Waals surface area contributed by atoms with Gasteiger partial charge in [-0.25, -0.2) is 0 Å². The zero-order chi connectivity index (χ0) is 12.5. The first-order valence-electron chi connectivity index (χ1n) is 6.33. The van der Waals surface area contributed by atoms with E-state index in [2.05, 4.69) is 29.4 Å². The Kier molecular flexibility index (Phi) is 7.02. The van der Waals surface area contributed by atoms with Crippen LogP contribution in [-0.2, 0) is 0 Å².